The molecule has 2 aromatic rings. The minimum atomic E-state index is -3.64. The van der Waals surface area contributed by atoms with Crippen molar-refractivity contribution in [1.29, 1.82) is 0 Å². The largest absolute Gasteiger partial charge is 0.466 e. The maximum atomic E-state index is 12.8. The average Bonchev–Trinajstić information content (AvgIpc) is 3.16. The number of aryl methyl sites for hydroxylation is 1. The Morgan fingerprint density at radius 2 is 1.96 bits per heavy atom. The van der Waals surface area contributed by atoms with Gasteiger partial charge in [-0.25, -0.2) is 12.4 Å². The summed E-state index contributed by atoms with van der Waals surface area (Å²) in [5, 5.41) is 0. The molecule has 0 N–H and O–H groups in total. The highest BCUT2D eigenvalue weighted by Gasteiger charge is 2.47. The highest BCUT2D eigenvalue weighted by atomic mass is 32.2. The predicted molar refractivity (Wildman–Crippen MR) is 85.7 cm³/mol. The van der Waals surface area contributed by atoms with Crippen LogP contribution in [-0.2, 0) is 19.6 Å². The van der Waals surface area contributed by atoms with Gasteiger partial charge >= 0.3 is 5.97 Å². The van der Waals surface area contributed by atoms with Crippen LogP contribution in [0, 0.1) is 12.8 Å². The molecule has 0 amide bonds. The molecule has 1 aromatic heterocycles. The molecule has 1 fully saturated rings. The number of carbonyl (C=O) groups excluding carboxylic acids is 1. The topological polar surface area (TPSA) is 65.4 Å². The number of esters is 1. The Labute approximate surface area is 135 Å². The van der Waals surface area contributed by atoms with Gasteiger partial charge < -0.3 is 4.74 Å². The van der Waals surface area contributed by atoms with Gasteiger partial charge in [-0.2, -0.15) is 0 Å². The first kappa shape index (κ1) is 15.8. The average molecular weight is 333 g/mol. The van der Waals surface area contributed by atoms with Crippen LogP contribution in [0.25, 0.3) is 0 Å². The molecule has 1 aromatic carbocycles. The monoisotopic (exact) mass is 333 g/mol. The highest BCUT2D eigenvalue weighted by Crippen LogP contribution is 2.48. The molecule has 23 heavy (non-hydrogen) atoms. The third-order valence-electron chi connectivity index (χ3n) is 4.08. The van der Waals surface area contributed by atoms with E-state index in [-0.39, 0.29) is 22.7 Å². The van der Waals surface area contributed by atoms with Gasteiger partial charge in [0.25, 0.3) is 10.0 Å². The van der Waals surface area contributed by atoms with Crippen LogP contribution in [0.1, 0.15) is 30.5 Å². The molecule has 5 nitrogen and oxygen atoms in total. The van der Waals surface area contributed by atoms with E-state index in [1.165, 1.54) is 10.2 Å². The Morgan fingerprint density at radius 3 is 2.61 bits per heavy atom. The fourth-order valence-corrected chi connectivity index (χ4v) is 4.15. The molecule has 1 aliphatic rings. The number of benzene rings is 1. The molecule has 1 heterocycles. The number of nitrogens with zero attached hydrogens (tertiary/aromatic N) is 1. The lowest BCUT2D eigenvalue weighted by Crippen LogP contribution is -2.15. The molecule has 0 aliphatic heterocycles. The van der Waals surface area contributed by atoms with Crippen molar-refractivity contribution >= 4 is 16.0 Å². The first-order valence-corrected chi connectivity index (χ1v) is 9.05. The third kappa shape index (κ3) is 2.91. The Morgan fingerprint density at radius 1 is 1.26 bits per heavy atom. The predicted octanol–water partition coefficient (Wildman–Crippen LogP) is 2.70. The van der Waals surface area contributed by atoms with Gasteiger partial charge in [0.1, 0.15) is 0 Å². The van der Waals surface area contributed by atoms with Gasteiger partial charge in [-0.1, -0.05) is 17.7 Å². The minimum Gasteiger partial charge on any atom is -0.466 e. The number of hydrogen-bond donors (Lipinski definition) is 0. The zero-order chi connectivity index (χ0) is 16.6. The van der Waals surface area contributed by atoms with Crippen molar-refractivity contribution in [3.63, 3.8) is 0 Å². The second kappa shape index (κ2) is 5.85. The van der Waals surface area contributed by atoms with Crippen molar-refractivity contribution in [3.05, 3.63) is 53.9 Å². The van der Waals surface area contributed by atoms with Crippen LogP contribution in [0.5, 0.6) is 0 Å². The van der Waals surface area contributed by atoms with Crippen LogP contribution >= 0.6 is 0 Å². The first-order valence-electron chi connectivity index (χ1n) is 7.61. The summed E-state index contributed by atoms with van der Waals surface area (Å²) in [6.07, 6.45) is 2.16. The molecular formula is C17H19NO4S. The fourth-order valence-electron chi connectivity index (χ4n) is 2.74. The van der Waals surface area contributed by atoms with Crippen LogP contribution < -0.4 is 0 Å². The molecule has 1 aliphatic carbocycles. The summed E-state index contributed by atoms with van der Waals surface area (Å²) in [7, 11) is -3.64. The normalized spacial score (nSPS) is 20.3. The van der Waals surface area contributed by atoms with E-state index in [9.17, 15) is 13.2 Å². The molecule has 3 rings (SSSR count). The molecule has 6 heteroatoms. The van der Waals surface area contributed by atoms with E-state index in [4.69, 9.17) is 4.74 Å². The fraction of sp³-hybridized carbons (Fsp3) is 0.353. The maximum absolute atomic E-state index is 12.8. The Hall–Kier alpha value is -2.08. The summed E-state index contributed by atoms with van der Waals surface area (Å²) < 4.78 is 31.9. The van der Waals surface area contributed by atoms with Crippen LogP contribution in [-0.4, -0.2) is 25.0 Å². The van der Waals surface area contributed by atoms with Gasteiger partial charge in [0, 0.05) is 17.8 Å². The van der Waals surface area contributed by atoms with Crippen molar-refractivity contribution in [1.82, 2.24) is 3.97 Å². The zero-order valence-electron chi connectivity index (χ0n) is 13.1. The summed E-state index contributed by atoms with van der Waals surface area (Å²) in [6.45, 7) is 4.01. The summed E-state index contributed by atoms with van der Waals surface area (Å²) in [5.74, 6) is -0.584. The van der Waals surface area contributed by atoms with Gasteiger partial charge in [-0.3, -0.25) is 4.79 Å². The second-order valence-corrected chi connectivity index (χ2v) is 7.56. The van der Waals surface area contributed by atoms with Crippen LogP contribution in [0.2, 0.25) is 0 Å². The van der Waals surface area contributed by atoms with E-state index in [0.29, 0.717) is 18.7 Å². The zero-order valence-corrected chi connectivity index (χ0v) is 13.9. The molecule has 2 atom stereocenters. The lowest BCUT2D eigenvalue weighted by Gasteiger charge is -2.11. The molecule has 0 saturated heterocycles. The molecule has 0 spiro atoms. The van der Waals surface area contributed by atoms with Crippen molar-refractivity contribution in [2.75, 3.05) is 6.61 Å². The van der Waals surface area contributed by atoms with Crippen LogP contribution in [0.4, 0.5) is 0 Å². The molecule has 0 radical (unpaired) electrons. The van der Waals surface area contributed by atoms with E-state index < -0.39 is 10.0 Å². The number of hydrogen-bond acceptors (Lipinski definition) is 4. The van der Waals surface area contributed by atoms with Crippen molar-refractivity contribution in [2.24, 2.45) is 5.92 Å². The van der Waals surface area contributed by atoms with Crippen molar-refractivity contribution in [3.8, 4) is 0 Å². The lowest BCUT2D eigenvalue weighted by atomic mass is 10.2. The standard InChI is InChI=1S/C17H19NO4S/c1-3-22-17(19)15-11-14(15)16-5-4-10-18(16)23(20,21)13-8-6-12(2)7-9-13/h4-10,14-15H,3,11H2,1-2H3/t14-,15-/m1/s1. The van der Waals surface area contributed by atoms with Gasteiger partial charge in [-0.05, 0) is 44.5 Å². The van der Waals surface area contributed by atoms with E-state index in [1.54, 1.807) is 43.3 Å². The lowest BCUT2D eigenvalue weighted by molar-refractivity contribution is -0.144. The van der Waals surface area contributed by atoms with Crippen LogP contribution in [0.15, 0.2) is 47.5 Å². The highest BCUT2D eigenvalue weighted by molar-refractivity contribution is 7.90. The summed E-state index contributed by atoms with van der Waals surface area (Å²) in [5.41, 5.74) is 1.64. The molecule has 0 bridgehead atoms. The van der Waals surface area contributed by atoms with E-state index in [1.807, 2.05) is 6.92 Å². The van der Waals surface area contributed by atoms with Gasteiger partial charge in [0.05, 0.1) is 17.4 Å². The van der Waals surface area contributed by atoms with Gasteiger partial charge in [-0.15, -0.1) is 0 Å². The number of carbonyl (C=O) groups is 1. The van der Waals surface area contributed by atoms with Gasteiger partial charge in [0.2, 0.25) is 0 Å². The Kier molecular flexibility index (Phi) is 4.02. The molecule has 122 valence electrons. The van der Waals surface area contributed by atoms with Crippen molar-refractivity contribution < 1.29 is 17.9 Å². The smallest absolute Gasteiger partial charge is 0.309 e. The molecular weight excluding hydrogens is 314 g/mol. The summed E-state index contributed by atoms with van der Waals surface area (Å²) >= 11 is 0. The summed E-state index contributed by atoms with van der Waals surface area (Å²) in [4.78, 5) is 12.0. The number of rotatable bonds is 5. The van der Waals surface area contributed by atoms with Crippen LogP contribution in [0.3, 0.4) is 0 Å². The van der Waals surface area contributed by atoms with E-state index >= 15 is 0 Å². The Balaban J connectivity index is 1.90. The Bertz CT molecular complexity index is 821. The SMILES string of the molecule is CCOC(=O)[C@@H]1C[C@H]1c1cccn1S(=O)(=O)c1ccc(C)cc1. The second-order valence-electron chi connectivity index (χ2n) is 5.75. The minimum absolute atomic E-state index is 0.0933. The van der Waals surface area contributed by atoms with E-state index in [2.05, 4.69) is 0 Å². The van der Waals surface area contributed by atoms with Crippen molar-refractivity contribution in [2.45, 2.75) is 31.1 Å². The number of aromatic nitrogens is 1. The molecule has 1 saturated carbocycles. The number of ether oxygens (including phenoxy) is 1. The molecule has 0 unspecified atom stereocenters. The first-order chi connectivity index (χ1) is 10.9. The maximum Gasteiger partial charge on any atom is 0.309 e. The third-order valence-corrected chi connectivity index (χ3v) is 5.80. The quantitative estimate of drug-likeness (QED) is 0.789. The van der Waals surface area contributed by atoms with E-state index in [0.717, 1.165) is 5.56 Å². The van der Waals surface area contributed by atoms with Gasteiger partial charge in [0.15, 0.2) is 0 Å². The summed E-state index contributed by atoms with van der Waals surface area (Å²) in [6, 6.07) is 10.2.